The van der Waals surface area contributed by atoms with Crippen molar-refractivity contribution in [1.82, 2.24) is 14.7 Å². The Hall–Kier alpha value is -0.830. The van der Waals surface area contributed by atoms with Crippen LogP contribution in [0.3, 0.4) is 0 Å². The highest BCUT2D eigenvalue weighted by Gasteiger charge is 2.30. The van der Waals surface area contributed by atoms with Crippen LogP contribution in [0.4, 0.5) is 0 Å². The number of aryl methyl sites for hydroxylation is 1. The Balaban J connectivity index is 0.000000637. The lowest BCUT2D eigenvalue weighted by Crippen LogP contribution is -2.31. The van der Waals surface area contributed by atoms with Crippen molar-refractivity contribution in [2.45, 2.75) is 64.8 Å². The van der Waals surface area contributed by atoms with E-state index in [0.29, 0.717) is 6.04 Å². The van der Waals surface area contributed by atoms with Gasteiger partial charge in [-0.05, 0) is 57.8 Å². The van der Waals surface area contributed by atoms with Crippen molar-refractivity contribution in [3.8, 4) is 0 Å². The molecule has 2 heterocycles. The van der Waals surface area contributed by atoms with Gasteiger partial charge in [-0.3, -0.25) is 4.68 Å². The van der Waals surface area contributed by atoms with Gasteiger partial charge in [0.2, 0.25) is 0 Å². The van der Waals surface area contributed by atoms with Crippen LogP contribution in [0.5, 0.6) is 0 Å². The van der Waals surface area contributed by atoms with Crippen LogP contribution in [0.2, 0.25) is 0 Å². The summed E-state index contributed by atoms with van der Waals surface area (Å²) in [7, 11) is 2.21. The molecule has 2 aliphatic rings. The Morgan fingerprint density at radius 1 is 1.16 bits per heavy atom. The fraction of sp³-hybridized carbons (Fsp3) is 0.812. The topological polar surface area (TPSA) is 21.1 Å². The van der Waals surface area contributed by atoms with E-state index in [9.17, 15) is 0 Å². The highest BCUT2D eigenvalue weighted by molar-refractivity contribution is 5.25. The van der Waals surface area contributed by atoms with Crippen molar-refractivity contribution in [3.05, 3.63) is 17.5 Å². The second-order valence-electron chi connectivity index (χ2n) is 5.68. The van der Waals surface area contributed by atoms with Gasteiger partial charge in [-0.1, -0.05) is 20.8 Å². The summed E-state index contributed by atoms with van der Waals surface area (Å²) in [5, 5.41) is 4.89. The van der Waals surface area contributed by atoms with Crippen molar-refractivity contribution in [2.24, 2.45) is 0 Å². The maximum atomic E-state index is 4.89. The van der Waals surface area contributed by atoms with Crippen LogP contribution in [0.1, 0.15) is 69.7 Å². The zero-order chi connectivity index (χ0) is 13.8. The first kappa shape index (κ1) is 14.6. The summed E-state index contributed by atoms with van der Waals surface area (Å²) in [6.07, 6.45) is 8.69. The summed E-state index contributed by atoms with van der Waals surface area (Å²) in [5.41, 5.74) is 2.90. The van der Waals surface area contributed by atoms with E-state index in [4.69, 9.17) is 5.10 Å². The Labute approximate surface area is 118 Å². The number of hydrogen-bond donors (Lipinski definition) is 0. The molecular formula is C16H29N3. The van der Waals surface area contributed by atoms with E-state index < -0.39 is 0 Å². The molecule has 0 radical (unpaired) electrons. The minimum Gasteiger partial charge on any atom is -0.306 e. The van der Waals surface area contributed by atoms with Gasteiger partial charge in [0.05, 0.1) is 11.7 Å². The van der Waals surface area contributed by atoms with Gasteiger partial charge in [-0.15, -0.1) is 0 Å². The number of aromatic nitrogens is 2. The summed E-state index contributed by atoms with van der Waals surface area (Å²) >= 11 is 0. The van der Waals surface area contributed by atoms with Gasteiger partial charge in [0, 0.05) is 12.1 Å². The first-order valence-corrected chi connectivity index (χ1v) is 8.04. The number of piperidine rings is 1. The van der Waals surface area contributed by atoms with Crippen LogP contribution >= 0.6 is 0 Å². The van der Waals surface area contributed by atoms with E-state index in [2.05, 4.69) is 29.7 Å². The average molecular weight is 263 g/mol. The molecule has 0 unspecified atom stereocenters. The molecule has 1 saturated heterocycles. The zero-order valence-corrected chi connectivity index (χ0v) is 13.0. The number of hydrogen-bond acceptors (Lipinski definition) is 2. The number of nitrogens with zero attached hydrogens (tertiary/aromatic N) is 3. The lowest BCUT2D eigenvalue weighted by atomic mass is 10.1. The Bertz CT molecular complexity index is 385. The van der Waals surface area contributed by atoms with Gasteiger partial charge in [-0.25, -0.2) is 0 Å². The van der Waals surface area contributed by atoms with Gasteiger partial charge >= 0.3 is 0 Å². The fourth-order valence-electron chi connectivity index (χ4n) is 2.86. The lowest BCUT2D eigenvalue weighted by molar-refractivity contribution is 0.212. The second kappa shape index (κ2) is 6.56. The van der Waals surface area contributed by atoms with E-state index in [-0.39, 0.29) is 0 Å². The molecule has 3 nitrogen and oxygen atoms in total. The molecule has 0 aromatic carbocycles. The third kappa shape index (κ3) is 3.38. The fourth-order valence-corrected chi connectivity index (χ4v) is 2.86. The predicted octanol–water partition coefficient (Wildman–Crippen LogP) is 3.62. The van der Waals surface area contributed by atoms with E-state index in [1.807, 2.05) is 13.8 Å². The molecule has 19 heavy (non-hydrogen) atoms. The normalized spacial score (nSPS) is 21.1. The minimum atomic E-state index is 0.643. The molecule has 0 bridgehead atoms. The van der Waals surface area contributed by atoms with Crippen molar-refractivity contribution in [1.29, 1.82) is 0 Å². The highest BCUT2D eigenvalue weighted by atomic mass is 15.3. The first-order chi connectivity index (χ1) is 9.28. The molecule has 1 aliphatic carbocycles. The SMILES string of the molecule is CC.CCc1cn(C2CCN(C)CC2)nc1C1CC1. The van der Waals surface area contributed by atoms with Crippen LogP contribution in [0.15, 0.2) is 6.20 Å². The van der Waals surface area contributed by atoms with Gasteiger partial charge < -0.3 is 4.90 Å². The van der Waals surface area contributed by atoms with E-state index in [1.54, 1.807) is 0 Å². The van der Waals surface area contributed by atoms with Gasteiger partial charge in [0.25, 0.3) is 0 Å². The first-order valence-electron chi connectivity index (χ1n) is 8.04. The molecule has 0 spiro atoms. The van der Waals surface area contributed by atoms with Crippen LogP contribution in [0.25, 0.3) is 0 Å². The summed E-state index contributed by atoms with van der Waals surface area (Å²) in [4.78, 5) is 2.42. The largest absolute Gasteiger partial charge is 0.306 e. The van der Waals surface area contributed by atoms with Crippen molar-refractivity contribution in [2.75, 3.05) is 20.1 Å². The molecule has 0 N–H and O–H groups in total. The van der Waals surface area contributed by atoms with Crippen LogP contribution in [-0.2, 0) is 6.42 Å². The summed E-state index contributed by atoms with van der Waals surface area (Å²) in [5.74, 6) is 0.789. The molecular weight excluding hydrogens is 234 g/mol. The smallest absolute Gasteiger partial charge is 0.0687 e. The predicted molar refractivity (Wildman–Crippen MR) is 80.7 cm³/mol. The van der Waals surface area contributed by atoms with E-state index >= 15 is 0 Å². The summed E-state index contributed by atoms with van der Waals surface area (Å²) in [6.45, 7) is 8.68. The molecule has 1 aromatic heterocycles. The Morgan fingerprint density at radius 3 is 2.32 bits per heavy atom. The molecule has 2 fully saturated rings. The van der Waals surface area contributed by atoms with Crippen LogP contribution in [-0.4, -0.2) is 34.8 Å². The van der Waals surface area contributed by atoms with Gasteiger partial charge in [0.1, 0.15) is 0 Å². The quantitative estimate of drug-likeness (QED) is 0.830. The number of rotatable bonds is 3. The molecule has 108 valence electrons. The lowest BCUT2D eigenvalue weighted by Gasteiger charge is -2.29. The van der Waals surface area contributed by atoms with Crippen molar-refractivity contribution in [3.63, 3.8) is 0 Å². The van der Waals surface area contributed by atoms with Gasteiger partial charge in [0.15, 0.2) is 0 Å². The molecule has 1 aliphatic heterocycles. The van der Waals surface area contributed by atoms with E-state index in [1.165, 1.54) is 50.0 Å². The third-order valence-corrected chi connectivity index (χ3v) is 4.25. The molecule has 3 heteroatoms. The maximum absolute atomic E-state index is 4.89. The molecule has 1 aromatic rings. The molecule has 3 rings (SSSR count). The third-order valence-electron chi connectivity index (χ3n) is 4.25. The molecule has 0 atom stereocenters. The van der Waals surface area contributed by atoms with Crippen molar-refractivity contribution >= 4 is 0 Å². The minimum absolute atomic E-state index is 0.643. The standard InChI is InChI=1S/C14H23N3.C2H6/c1-3-11-10-17(15-14(11)12-4-5-12)13-6-8-16(2)9-7-13;1-2/h10,12-13H,3-9H2,1-2H3;1-2H3. The van der Waals surface area contributed by atoms with E-state index in [0.717, 1.165) is 12.3 Å². The van der Waals surface area contributed by atoms with Crippen LogP contribution < -0.4 is 0 Å². The monoisotopic (exact) mass is 263 g/mol. The summed E-state index contributed by atoms with van der Waals surface area (Å²) < 4.78 is 2.28. The highest BCUT2D eigenvalue weighted by Crippen LogP contribution is 2.41. The second-order valence-corrected chi connectivity index (χ2v) is 5.68. The summed E-state index contributed by atoms with van der Waals surface area (Å²) in [6, 6.07) is 0.643. The maximum Gasteiger partial charge on any atom is 0.0687 e. The Kier molecular flexibility index (Phi) is 5.03. The van der Waals surface area contributed by atoms with Crippen molar-refractivity contribution < 1.29 is 0 Å². The zero-order valence-electron chi connectivity index (χ0n) is 13.0. The molecule has 1 saturated carbocycles. The van der Waals surface area contributed by atoms with Crippen LogP contribution in [0, 0.1) is 0 Å². The molecule has 0 amide bonds. The Morgan fingerprint density at radius 2 is 1.79 bits per heavy atom. The average Bonchev–Trinajstić information content (AvgIpc) is 3.21. The number of likely N-dealkylation sites (tertiary alicyclic amines) is 1. The van der Waals surface area contributed by atoms with Gasteiger partial charge in [-0.2, -0.15) is 5.10 Å².